The Hall–Kier alpha value is -3.13. The molecule has 0 aliphatic carbocycles. The van der Waals surface area contributed by atoms with E-state index in [0.717, 1.165) is 44.8 Å². The zero-order valence-corrected chi connectivity index (χ0v) is 20.1. The van der Waals surface area contributed by atoms with Crippen LogP contribution in [-0.4, -0.2) is 61.7 Å². The molecule has 5 rings (SSSR count). The molecule has 0 N–H and O–H groups in total. The number of morpholine rings is 1. The third-order valence-electron chi connectivity index (χ3n) is 6.47. The van der Waals surface area contributed by atoms with Crippen LogP contribution in [0.25, 0.3) is 11.0 Å². The lowest BCUT2D eigenvalue weighted by Gasteiger charge is -2.29. The normalized spacial score (nSPS) is 18.1. The smallest absolute Gasteiger partial charge is 0.290 e. The second kappa shape index (κ2) is 10.2. The van der Waals surface area contributed by atoms with Crippen LogP contribution in [0.3, 0.4) is 0 Å². The highest BCUT2D eigenvalue weighted by molar-refractivity contribution is 6.31. The topological polar surface area (TPSA) is 72.2 Å². The van der Waals surface area contributed by atoms with E-state index in [2.05, 4.69) is 11.5 Å². The van der Waals surface area contributed by atoms with Gasteiger partial charge in [0.15, 0.2) is 5.43 Å². The largest absolute Gasteiger partial charge is 0.490 e. The Morgan fingerprint density at radius 3 is 2.60 bits per heavy atom. The molecular formula is C27H27ClN2O5. The van der Waals surface area contributed by atoms with Crippen LogP contribution >= 0.6 is 11.6 Å². The number of benzene rings is 2. The molecule has 2 aliphatic heterocycles. The summed E-state index contributed by atoms with van der Waals surface area (Å²) in [5, 5.41) is 0.812. The van der Waals surface area contributed by atoms with Gasteiger partial charge in [-0.15, -0.1) is 0 Å². The molecule has 1 atom stereocenters. The third kappa shape index (κ3) is 4.72. The number of carbonyl (C=O) groups is 1. The first-order valence-corrected chi connectivity index (χ1v) is 12.2. The zero-order valence-electron chi connectivity index (χ0n) is 19.4. The average molecular weight is 495 g/mol. The van der Waals surface area contributed by atoms with E-state index >= 15 is 0 Å². The molecule has 3 heterocycles. The fraction of sp³-hybridized carbons (Fsp3) is 0.333. The van der Waals surface area contributed by atoms with Crippen molar-refractivity contribution < 1.29 is 18.7 Å². The number of amides is 1. The van der Waals surface area contributed by atoms with Crippen LogP contribution in [0.5, 0.6) is 5.75 Å². The van der Waals surface area contributed by atoms with E-state index in [-0.39, 0.29) is 17.1 Å². The molecule has 2 aromatic carbocycles. The van der Waals surface area contributed by atoms with Crippen molar-refractivity contribution in [2.45, 2.75) is 12.5 Å². The predicted octanol–water partition coefficient (Wildman–Crippen LogP) is 4.28. The Labute approximate surface area is 208 Å². The van der Waals surface area contributed by atoms with E-state index in [4.69, 9.17) is 25.5 Å². The molecule has 1 amide bonds. The number of nitrogens with zero attached hydrogens (tertiary/aromatic N) is 2. The maximum Gasteiger partial charge on any atom is 0.290 e. The fourth-order valence-corrected chi connectivity index (χ4v) is 4.93. The minimum Gasteiger partial charge on any atom is -0.490 e. The van der Waals surface area contributed by atoms with Gasteiger partial charge in [-0.1, -0.05) is 36.4 Å². The zero-order chi connectivity index (χ0) is 24.4. The van der Waals surface area contributed by atoms with E-state index in [9.17, 15) is 9.59 Å². The molecule has 182 valence electrons. The van der Waals surface area contributed by atoms with E-state index in [1.807, 2.05) is 24.3 Å². The van der Waals surface area contributed by atoms with Gasteiger partial charge in [-0.3, -0.25) is 14.5 Å². The molecule has 35 heavy (non-hydrogen) atoms. The van der Waals surface area contributed by atoms with Crippen LogP contribution in [0.15, 0.2) is 64.3 Å². The Bertz CT molecular complexity index is 1300. The summed E-state index contributed by atoms with van der Waals surface area (Å²) in [6.45, 7) is 8.64. The van der Waals surface area contributed by atoms with Crippen LogP contribution in [-0.2, 0) is 4.74 Å². The summed E-state index contributed by atoms with van der Waals surface area (Å²) in [7, 11) is 0. The summed E-state index contributed by atoms with van der Waals surface area (Å²) in [4.78, 5) is 31.2. The Balaban J connectivity index is 1.51. The van der Waals surface area contributed by atoms with Crippen molar-refractivity contribution in [3.05, 3.63) is 87.3 Å². The van der Waals surface area contributed by atoms with Crippen LogP contribution < -0.4 is 10.2 Å². The van der Waals surface area contributed by atoms with Gasteiger partial charge in [0.05, 0.1) is 30.2 Å². The monoisotopic (exact) mass is 494 g/mol. The van der Waals surface area contributed by atoms with Crippen molar-refractivity contribution in [3.63, 3.8) is 0 Å². The van der Waals surface area contributed by atoms with E-state index in [1.54, 1.807) is 29.2 Å². The number of fused-ring (bicyclic) bond motifs is 2. The molecule has 7 nitrogen and oxygen atoms in total. The van der Waals surface area contributed by atoms with Crippen molar-refractivity contribution in [1.82, 2.24) is 9.80 Å². The van der Waals surface area contributed by atoms with Crippen molar-refractivity contribution in [2.24, 2.45) is 0 Å². The molecule has 0 unspecified atom stereocenters. The summed E-state index contributed by atoms with van der Waals surface area (Å²) in [5.41, 5.74) is 1.30. The average Bonchev–Trinajstić information content (AvgIpc) is 3.16. The van der Waals surface area contributed by atoms with E-state index < -0.39 is 6.04 Å². The van der Waals surface area contributed by atoms with Gasteiger partial charge in [-0.25, -0.2) is 0 Å². The van der Waals surface area contributed by atoms with Gasteiger partial charge in [-0.2, -0.15) is 0 Å². The second-order valence-electron chi connectivity index (χ2n) is 8.69. The number of hydrogen-bond acceptors (Lipinski definition) is 6. The van der Waals surface area contributed by atoms with Gasteiger partial charge >= 0.3 is 0 Å². The van der Waals surface area contributed by atoms with Gasteiger partial charge in [0.1, 0.15) is 17.9 Å². The first-order valence-electron chi connectivity index (χ1n) is 11.8. The molecule has 1 saturated heterocycles. The van der Waals surface area contributed by atoms with Gasteiger partial charge in [-0.05, 0) is 42.3 Å². The number of carbonyl (C=O) groups excluding carboxylic acids is 1. The Kier molecular flexibility index (Phi) is 6.90. The predicted molar refractivity (Wildman–Crippen MR) is 134 cm³/mol. The fourth-order valence-electron chi connectivity index (χ4n) is 4.76. The first kappa shape index (κ1) is 23.6. The molecule has 0 radical (unpaired) electrons. The summed E-state index contributed by atoms with van der Waals surface area (Å²) in [5.74, 6) is 0.524. The lowest BCUT2D eigenvalue weighted by Crippen LogP contribution is -2.38. The number of ether oxygens (including phenoxy) is 2. The highest BCUT2D eigenvalue weighted by atomic mass is 35.5. The highest BCUT2D eigenvalue weighted by Gasteiger charge is 2.42. The number of hydrogen-bond donors (Lipinski definition) is 0. The molecule has 1 aromatic heterocycles. The van der Waals surface area contributed by atoms with Gasteiger partial charge < -0.3 is 18.8 Å². The Morgan fingerprint density at radius 2 is 1.86 bits per heavy atom. The standard InChI is InChI=1S/C27H27ClN2O5/c1-2-14-34-20-7-4-18(5-8-20)24-23-25(31)21-17-19(28)6-9-22(21)35-26(23)27(32)30(24)11-3-10-29-12-15-33-16-13-29/h2,4-9,17,24H,1,3,10-16H2/t24-/m1/s1. The quantitative estimate of drug-likeness (QED) is 0.435. The maximum absolute atomic E-state index is 13.6. The van der Waals surface area contributed by atoms with Crippen molar-refractivity contribution >= 4 is 28.5 Å². The molecule has 0 saturated carbocycles. The summed E-state index contributed by atoms with van der Waals surface area (Å²) in [6.07, 6.45) is 2.45. The lowest BCUT2D eigenvalue weighted by atomic mass is 9.98. The number of rotatable bonds is 8. The van der Waals surface area contributed by atoms with E-state index in [1.165, 1.54) is 0 Å². The highest BCUT2D eigenvalue weighted by Crippen LogP contribution is 2.39. The first-order chi connectivity index (χ1) is 17.1. The van der Waals surface area contributed by atoms with Crippen molar-refractivity contribution in [3.8, 4) is 5.75 Å². The molecule has 8 heteroatoms. The van der Waals surface area contributed by atoms with Crippen LogP contribution in [0.2, 0.25) is 5.02 Å². The van der Waals surface area contributed by atoms with Gasteiger partial charge in [0.2, 0.25) is 5.76 Å². The summed E-state index contributed by atoms with van der Waals surface area (Å²) >= 11 is 6.16. The van der Waals surface area contributed by atoms with Crippen LogP contribution in [0.4, 0.5) is 0 Å². The minimum atomic E-state index is -0.546. The van der Waals surface area contributed by atoms with Crippen LogP contribution in [0, 0.1) is 0 Å². The molecule has 0 spiro atoms. The molecule has 1 fully saturated rings. The summed E-state index contributed by atoms with van der Waals surface area (Å²) < 4.78 is 17.0. The van der Waals surface area contributed by atoms with Gasteiger partial charge in [0, 0.05) is 31.2 Å². The molecular weight excluding hydrogens is 468 g/mol. The number of halogens is 1. The van der Waals surface area contributed by atoms with Crippen LogP contribution in [0.1, 0.15) is 34.1 Å². The molecule has 0 bridgehead atoms. The van der Waals surface area contributed by atoms with Crippen molar-refractivity contribution in [1.29, 1.82) is 0 Å². The van der Waals surface area contributed by atoms with Crippen molar-refractivity contribution in [2.75, 3.05) is 46.0 Å². The lowest BCUT2D eigenvalue weighted by molar-refractivity contribution is 0.0353. The molecule has 3 aromatic rings. The summed E-state index contributed by atoms with van der Waals surface area (Å²) in [6, 6.07) is 11.8. The second-order valence-corrected chi connectivity index (χ2v) is 9.13. The van der Waals surface area contributed by atoms with E-state index in [0.29, 0.717) is 40.5 Å². The third-order valence-corrected chi connectivity index (χ3v) is 6.70. The van der Waals surface area contributed by atoms with Gasteiger partial charge in [0.25, 0.3) is 5.91 Å². The maximum atomic E-state index is 13.6. The SMILES string of the molecule is C=CCOc1ccc([C@@H]2c3c(oc4ccc(Cl)cc4c3=O)C(=O)N2CCCN2CCOCC2)cc1. The Morgan fingerprint density at radius 1 is 1.09 bits per heavy atom. The molecule has 2 aliphatic rings. The minimum absolute atomic E-state index is 0.105.